The van der Waals surface area contributed by atoms with E-state index < -0.39 is 0 Å². The monoisotopic (exact) mass is 923 g/mol. The first-order chi connectivity index (χ1) is 34.5. The lowest BCUT2D eigenvalue weighted by Gasteiger charge is -2.55. The number of fused-ring (bicyclic) bond motifs is 4. The molecule has 0 N–H and O–H groups in total. The highest BCUT2D eigenvalue weighted by atomic mass is 14.6. The summed E-state index contributed by atoms with van der Waals surface area (Å²) in [5.41, 5.74) is 42.9. The maximum Gasteiger partial charge on any atom is 0.0352 e. The molecule has 0 aliphatic heterocycles. The fourth-order valence-electron chi connectivity index (χ4n) is 18.1. The molecule has 14 aliphatic carbocycles. The second kappa shape index (κ2) is 14.9. The van der Waals surface area contributed by atoms with E-state index in [1.165, 1.54) is 51.1 Å². The molecular weight excluding hydrogens is 853 g/mol. The highest BCUT2D eigenvalue weighted by Crippen LogP contribution is 2.69. The maximum absolute atomic E-state index is 4.97. The fraction of sp³-hybridized carbons (Fsp3) is 0.380. The van der Waals surface area contributed by atoms with Gasteiger partial charge in [0.15, 0.2) is 0 Å². The van der Waals surface area contributed by atoms with E-state index in [0.717, 1.165) is 51.4 Å². The van der Waals surface area contributed by atoms with Gasteiger partial charge in [-0.1, -0.05) is 167 Å². The van der Waals surface area contributed by atoms with Crippen molar-refractivity contribution in [3.63, 3.8) is 0 Å². The van der Waals surface area contributed by atoms with E-state index in [4.69, 9.17) is 13.2 Å². The summed E-state index contributed by atoms with van der Waals surface area (Å²) in [6, 6.07) is 5.08. The van der Waals surface area contributed by atoms with Crippen molar-refractivity contribution in [2.24, 2.45) is 41.4 Å². The van der Waals surface area contributed by atoms with Crippen molar-refractivity contribution in [2.45, 2.75) is 131 Å². The van der Waals surface area contributed by atoms with Gasteiger partial charge in [-0.2, -0.15) is 0 Å². The molecule has 1 aromatic carbocycles. The van der Waals surface area contributed by atoms with E-state index >= 15 is 0 Å². The minimum absolute atomic E-state index is 0.237. The zero-order valence-corrected chi connectivity index (χ0v) is 43.7. The summed E-state index contributed by atoms with van der Waals surface area (Å²) >= 11 is 0. The molecule has 0 amide bonds. The molecule has 9 unspecified atom stereocenters. The molecule has 0 heteroatoms. The van der Waals surface area contributed by atoms with Crippen molar-refractivity contribution < 1.29 is 0 Å². The van der Waals surface area contributed by atoms with Gasteiger partial charge in [0.25, 0.3) is 0 Å². The summed E-state index contributed by atoms with van der Waals surface area (Å²) in [4.78, 5) is 0. The van der Waals surface area contributed by atoms with Crippen LogP contribution in [-0.4, -0.2) is 0 Å². The largest absolute Gasteiger partial charge is 0.0993 e. The predicted octanol–water partition coefficient (Wildman–Crippen LogP) is 16.5. The van der Waals surface area contributed by atoms with E-state index in [-0.39, 0.29) is 17.8 Å². The molecule has 0 aromatic heterocycles. The van der Waals surface area contributed by atoms with Gasteiger partial charge >= 0.3 is 0 Å². The summed E-state index contributed by atoms with van der Waals surface area (Å²) in [7, 11) is 0. The van der Waals surface area contributed by atoms with Crippen molar-refractivity contribution >= 4 is 11.6 Å². The number of hydrogen-bond acceptors (Lipinski definition) is 0. The predicted molar refractivity (Wildman–Crippen MR) is 296 cm³/mol. The van der Waals surface area contributed by atoms with Crippen molar-refractivity contribution in [2.75, 3.05) is 0 Å². The Bertz CT molecular complexity index is 3600. The molecule has 0 nitrogen and oxygen atoms in total. The van der Waals surface area contributed by atoms with Crippen LogP contribution in [0.1, 0.15) is 143 Å². The first-order valence-electron chi connectivity index (χ1n) is 28.2. The van der Waals surface area contributed by atoms with E-state index in [1.807, 2.05) is 0 Å². The van der Waals surface area contributed by atoms with Crippen LogP contribution >= 0.6 is 0 Å². The van der Waals surface area contributed by atoms with Gasteiger partial charge in [0, 0.05) is 53.3 Å². The van der Waals surface area contributed by atoms with Gasteiger partial charge in [-0.3, -0.25) is 0 Å². The fourth-order valence-corrected chi connectivity index (χ4v) is 18.1. The van der Waals surface area contributed by atoms with Gasteiger partial charge in [-0.15, -0.1) is 0 Å². The van der Waals surface area contributed by atoms with Crippen LogP contribution in [0.2, 0.25) is 0 Å². The van der Waals surface area contributed by atoms with Crippen molar-refractivity contribution in [1.82, 2.24) is 0 Å². The molecule has 0 saturated heterocycles. The average Bonchev–Trinajstić information content (AvgIpc) is 3.37. The summed E-state index contributed by atoms with van der Waals surface area (Å²) < 4.78 is 0. The molecule has 14 aliphatic rings. The van der Waals surface area contributed by atoms with Crippen LogP contribution in [0.5, 0.6) is 0 Å². The molecule has 0 radical (unpaired) electrons. The number of benzene rings is 1. The Balaban J connectivity index is 0.972. The van der Waals surface area contributed by atoms with Gasteiger partial charge in [0.1, 0.15) is 0 Å². The molecule has 0 bridgehead atoms. The summed E-state index contributed by atoms with van der Waals surface area (Å²) in [6.07, 6.45) is 40.2. The number of allylic oxidation sites excluding steroid dienone is 34. The van der Waals surface area contributed by atoms with Gasteiger partial charge in [0.05, 0.1) is 0 Å². The molecule has 0 spiro atoms. The molecule has 9 atom stereocenters. The zero-order chi connectivity index (χ0) is 48.2. The van der Waals surface area contributed by atoms with Gasteiger partial charge in [0.2, 0.25) is 0 Å². The number of hydrogen-bond donors (Lipinski definition) is 0. The first-order valence-corrected chi connectivity index (χ1v) is 28.2. The maximum atomic E-state index is 4.97. The Labute approximate surface area is 423 Å². The van der Waals surface area contributed by atoms with Crippen molar-refractivity contribution in [3.8, 4) is 0 Å². The SMILES string of the molecule is C=C(CCC)C1CCC2=CC3=C(C(C)C2=C1C)C(C(=C)CC)C1=C2C3=CC3=CC4C5=C6C(=CC(=C2C36)CC1)C(C)C=C5C1=C2C=CC=C3C(C)C(C5=CCC=C(CC)C5)=c5ccc6c(c5C32)C1C4=C(C)C=6. The Morgan fingerprint density at radius 1 is 0.732 bits per heavy atom. The average molecular weight is 923 g/mol. The normalized spacial score (nSPS) is 32.7. The third kappa shape index (κ3) is 5.33. The molecule has 0 heterocycles. The molecule has 15 rings (SSSR count). The molecule has 71 heavy (non-hydrogen) atoms. The first kappa shape index (κ1) is 42.9. The summed E-state index contributed by atoms with van der Waals surface area (Å²) in [6.45, 7) is 29.2. The lowest BCUT2D eigenvalue weighted by atomic mass is 9.48. The lowest BCUT2D eigenvalue weighted by molar-refractivity contribution is 0.539. The summed E-state index contributed by atoms with van der Waals surface area (Å²) in [5, 5.41) is 2.99. The van der Waals surface area contributed by atoms with Gasteiger partial charge in [-0.05, 0) is 205 Å². The summed E-state index contributed by atoms with van der Waals surface area (Å²) in [5.74, 6) is 2.94. The molecule has 1 aromatic rings. The minimum Gasteiger partial charge on any atom is -0.0993 e. The highest BCUT2D eigenvalue weighted by molar-refractivity contribution is 5.88. The quantitative estimate of drug-likeness (QED) is 0.239. The van der Waals surface area contributed by atoms with E-state index in [1.54, 1.807) is 123 Å². The Hall–Kier alpha value is -5.72. The molecule has 354 valence electrons. The second-order valence-electron chi connectivity index (χ2n) is 24.1. The highest BCUT2D eigenvalue weighted by Gasteiger charge is 2.56. The third-order valence-corrected chi connectivity index (χ3v) is 21.0. The standard InChI is InChI=1S/C71H70/c1-11-16-35(5)47-24-21-44-31-53-54-32-46-33-56-58-37(7)27-43-22-26-51-60(42-18-14-17-41(13-3)29-42)39(9)48-19-15-20-49-65(48)69(51)63(43)71(58)67(49)55-28-36(6)52-30-45-23-25-50(66(54)62(45)64(46)70(52)68(55)56)57(34(4)12-2)61(53)40(10)59(44)38(47)8/h15,17-20,22,26-28,30-33,36,39-40,47,56-57,64-65,71H,4-5,11-14,16,21,23-25,29H2,1-3,6-10H3. The van der Waals surface area contributed by atoms with Crippen LogP contribution < -0.4 is 10.4 Å². The Morgan fingerprint density at radius 2 is 1.59 bits per heavy atom. The van der Waals surface area contributed by atoms with Crippen LogP contribution in [-0.2, 0) is 0 Å². The topological polar surface area (TPSA) is 0 Å². The van der Waals surface area contributed by atoms with Crippen molar-refractivity contribution in [1.29, 1.82) is 0 Å². The molecule has 1 fully saturated rings. The van der Waals surface area contributed by atoms with Crippen LogP contribution in [0.25, 0.3) is 11.6 Å². The smallest absolute Gasteiger partial charge is 0.0352 e. The Morgan fingerprint density at radius 3 is 2.41 bits per heavy atom. The van der Waals surface area contributed by atoms with E-state index in [9.17, 15) is 0 Å². The van der Waals surface area contributed by atoms with E-state index in [2.05, 4.69) is 134 Å². The van der Waals surface area contributed by atoms with Gasteiger partial charge in [-0.25, -0.2) is 0 Å². The van der Waals surface area contributed by atoms with Crippen LogP contribution in [0, 0.1) is 41.4 Å². The third-order valence-electron chi connectivity index (χ3n) is 21.0. The minimum atomic E-state index is 0.237. The van der Waals surface area contributed by atoms with Gasteiger partial charge < -0.3 is 0 Å². The Kier molecular flexibility index (Phi) is 9.03. The van der Waals surface area contributed by atoms with Crippen molar-refractivity contribution in [3.05, 3.63) is 241 Å². The zero-order valence-electron chi connectivity index (χ0n) is 43.7. The molecule has 1 saturated carbocycles. The number of rotatable bonds is 7. The van der Waals surface area contributed by atoms with Crippen LogP contribution in [0.4, 0.5) is 0 Å². The molecular formula is C71H70. The second-order valence-corrected chi connectivity index (χ2v) is 24.1. The van der Waals surface area contributed by atoms with E-state index in [0.29, 0.717) is 35.5 Å². The van der Waals surface area contributed by atoms with Crippen LogP contribution in [0.3, 0.4) is 0 Å². The van der Waals surface area contributed by atoms with Crippen LogP contribution in [0.15, 0.2) is 220 Å². The lowest BCUT2D eigenvalue weighted by Crippen LogP contribution is -2.45.